The van der Waals surface area contributed by atoms with Gasteiger partial charge in [-0.15, -0.1) is 0 Å². The van der Waals surface area contributed by atoms with Gasteiger partial charge in [0.15, 0.2) is 0 Å². The van der Waals surface area contributed by atoms with Crippen molar-refractivity contribution in [2.45, 2.75) is 43.7 Å². The molecule has 2 N–H and O–H groups in total. The van der Waals surface area contributed by atoms with Gasteiger partial charge in [-0.1, -0.05) is 12.8 Å². The molecule has 104 valence electrons. The lowest BCUT2D eigenvalue weighted by Gasteiger charge is -2.36. The molecule has 0 bridgehead atoms. The number of hydrogen-bond acceptors (Lipinski definition) is 3. The summed E-state index contributed by atoms with van der Waals surface area (Å²) in [5.74, 6) is 0. The van der Waals surface area contributed by atoms with Crippen LogP contribution in [0.2, 0.25) is 0 Å². The first-order chi connectivity index (χ1) is 8.62. The van der Waals surface area contributed by atoms with Crippen molar-refractivity contribution in [3.05, 3.63) is 0 Å². The Bertz CT molecular complexity index is 282. The van der Waals surface area contributed by atoms with E-state index in [0.717, 1.165) is 19.6 Å². The van der Waals surface area contributed by atoms with E-state index in [1.54, 1.807) is 0 Å². The average Bonchev–Trinajstić information content (AvgIpc) is 2.97. The van der Waals surface area contributed by atoms with Crippen LogP contribution in [-0.2, 0) is 4.74 Å². The molecule has 2 rings (SSSR count). The van der Waals surface area contributed by atoms with E-state index in [0.29, 0.717) is 6.61 Å². The summed E-state index contributed by atoms with van der Waals surface area (Å²) in [7, 11) is 4.21. The summed E-state index contributed by atoms with van der Waals surface area (Å²) in [6, 6.07) is 0.127. The average molecular weight is 255 g/mol. The van der Waals surface area contributed by atoms with E-state index >= 15 is 0 Å². The SMILES string of the molecule is CN(C)C1(CNC(=O)NC2CCOC2)CCCC1. The van der Waals surface area contributed by atoms with Gasteiger partial charge < -0.3 is 20.3 Å². The number of nitrogens with zero attached hydrogens (tertiary/aromatic N) is 1. The van der Waals surface area contributed by atoms with Crippen LogP contribution in [0.3, 0.4) is 0 Å². The van der Waals surface area contributed by atoms with Crippen LogP contribution in [0.5, 0.6) is 0 Å². The molecule has 2 aliphatic rings. The molecule has 1 atom stereocenters. The fraction of sp³-hybridized carbons (Fsp3) is 0.923. The molecule has 1 aliphatic carbocycles. The van der Waals surface area contributed by atoms with Crippen molar-refractivity contribution >= 4 is 6.03 Å². The highest BCUT2D eigenvalue weighted by atomic mass is 16.5. The van der Waals surface area contributed by atoms with Crippen LogP contribution in [0, 0.1) is 0 Å². The Morgan fingerprint density at radius 2 is 2.11 bits per heavy atom. The van der Waals surface area contributed by atoms with Crippen LogP contribution in [0.25, 0.3) is 0 Å². The molecule has 1 heterocycles. The molecule has 0 spiro atoms. The van der Waals surface area contributed by atoms with E-state index < -0.39 is 0 Å². The Hall–Kier alpha value is -0.810. The van der Waals surface area contributed by atoms with Gasteiger partial charge in [0, 0.05) is 18.7 Å². The maximum absolute atomic E-state index is 11.8. The van der Waals surface area contributed by atoms with Gasteiger partial charge in [0.2, 0.25) is 0 Å². The van der Waals surface area contributed by atoms with Crippen molar-refractivity contribution in [3.8, 4) is 0 Å². The summed E-state index contributed by atoms with van der Waals surface area (Å²) in [5, 5.41) is 5.99. The van der Waals surface area contributed by atoms with E-state index in [2.05, 4.69) is 29.6 Å². The highest BCUT2D eigenvalue weighted by molar-refractivity contribution is 5.74. The molecular formula is C13H25N3O2. The number of nitrogens with one attached hydrogen (secondary N) is 2. The van der Waals surface area contributed by atoms with Crippen molar-refractivity contribution < 1.29 is 9.53 Å². The molecule has 18 heavy (non-hydrogen) atoms. The van der Waals surface area contributed by atoms with Crippen molar-refractivity contribution in [2.24, 2.45) is 0 Å². The number of rotatable bonds is 4. The predicted molar refractivity (Wildman–Crippen MR) is 70.6 cm³/mol. The van der Waals surface area contributed by atoms with Crippen molar-refractivity contribution in [2.75, 3.05) is 33.9 Å². The van der Waals surface area contributed by atoms with E-state index in [4.69, 9.17) is 4.74 Å². The first-order valence-electron chi connectivity index (χ1n) is 6.92. The Labute approximate surface area is 109 Å². The number of hydrogen-bond donors (Lipinski definition) is 2. The number of amides is 2. The second-order valence-electron chi connectivity index (χ2n) is 5.71. The highest BCUT2D eigenvalue weighted by Crippen LogP contribution is 2.32. The van der Waals surface area contributed by atoms with Gasteiger partial charge in [0.25, 0.3) is 0 Å². The van der Waals surface area contributed by atoms with Crippen LogP contribution in [0.1, 0.15) is 32.1 Å². The van der Waals surface area contributed by atoms with Crippen LogP contribution >= 0.6 is 0 Å². The quantitative estimate of drug-likeness (QED) is 0.786. The zero-order chi connectivity index (χ0) is 13.0. The van der Waals surface area contributed by atoms with Gasteiger partial charge in [-0.2, -0.15) is 0 Å². The second-order valence-corrected chi connectivity index (χ2v) is 5.71. The third-order valence-electron chi connectivity index (χ3n) is 4.33. The van der Waals surface area contributed by atoms with Crippen molar-refractivity contribution in [1.82, 2.24) is 15.5 Å². The zero-order valence-corrected chi connectivity index (χ0v) is 11.5. The Morgan fingerprint density at radius 1 is 1.39 bits per heavy atom. The van der Waals surface area contributed by atoms with E-state index in [9.17, 15) is 4.79 Å². The fourth-order valence-electron chi connectivity index (χ4n) is 2.94. The predicted octanol–water partition coefficient (Wildman–Crippen LogP) is 0.949. The van der Waals surface area contributed by atoms with E-state index in [1.165, 1.54) is 25.7 Å². The van der Waals surface area contributed by atoms with E-state index in [-0.39, 0.29) is 17.6 Å². The lowest BCUT2D eigenvalue weighted by Crippen LogP contribution is -2.53. The van der Waals surface area contributed by atoms with Crippen LogP contribution < -0.4 is 10.6 Å². The molecule has 0 aromatic heterocycles. The number of carbonyl (C=O) groups is 1. The third-order valence-corrected chi connectivity index (χ3v) is 4.33. The molecule has 0 radical (unpaired) electrons. The lowest BCUT2D eigenvalue weighted by molar-refractivity contribution is 0.153. The first kappa shape index (κ1) is 13.6. The Balaban J connectivity index is 1.76. The van der Waals surface area contributed by atoms with Gasteiger partial charge >= 0.3 is 6.03 Å². The van der Waals surface area contributed by atoms with Gasteiger partial charge in [-0.3, -0.25) is 0 Å². The largest absolute Gasteiger partial charge is 0.379 e. The minimum atomic E-state index is -0.0568. The van der Waals surface area contributed by atoms with Crippen LogP contribution in [0.15, 0.2) is 0 Å². The second kappa shape index (κ2) is 5.89. The normalized spacial score (nSPS) is 26.5. The Kier molecular flexibility index (Phi) is 4.45. The molecule has 0 aromatic carbocycles. The van der Waals surface area contributed by atoms with Crippen molar-refractivity contribution in [3.63, 3.8) is 0 Å². The number of carbonyl (C=O) groups excluding carboxylic acids is 1. The summed E-state index contributed by atoms with van der Waals surface area (Å²) in [6.07, 6.45) is 5.79. The monoisotopic (exact) mass is 255 g/mol. The van der Waals surface area contributed by atoms with Crippen LogP contribution in [0.4, 0.5) is 4.79 Å². The summed E-state index contributed by atoms with van der Waals surface area (Å²) in [6.45, 7) is 2.14. The third kappa shape index (κ3) is 3.14. The summed E-state index contributed by atoms with van der Waals surface area (Å²) >= 11 is 0. The Morgan fingerprint density at radius 3 is 2.67 bits per heavy atom. The molecule has 2 amide bonds. The molecule has 5 nitrogen and oxygen atoms in total. The molecule has 1 saturated carbocycles. The molecule has 1 aliphatic heterocycles. The smallest absolute Gasteiger partial charge is 0.315 e. The van der Waals surface area contributed by atoms with Crippen molar-refractivity contribution in [1.29, 1.82) is 0 Å². The van der Waals surface area contributed by atoms with Gasteiger partial charge in [-0.05, 0) is 33.4 Å². The van der Waals surface area contributed by atoms with Crippen LogP contribution in [-0.4, -0.2) is 56.4 Å². The topological polar surface area (TPSA) is 53.6 Å². The minimum Gasteiger partial charge on any atom is -0.379 e. The standard InChI is InChI=1S/C13H25N3O2/c1-16(2)13(6-3-4-7-13)10-14-12(17)15-11-5-8-18-9-11/h11H,3-10H2,1-2H3,(H2,14,15,17). The van der Waals surface area contributed by atoms with Gasteiger partial charge in [-0.25, -0.2) is 4.79 Å². The summed E-state index contributed by atoms with van der Waals surface area (Å²) < 4.78 is 5.24. The number of urea groups is 1. The fourth-order valence-corrected chi connectivity index (χ4v) is 2.94. The molecular weight excluding hydrogens is 230 g/mol. The highest BCUT2D eigenvalue weighted by Gasteiger charge is 2.36. The maximum atomic E-state index is 11.8. The number of likely N-dealkylation sites (N-methyl/N-ethyl adjacent to an activating group) is 1. The van der Waals surface area contributed by atoms with Gasteiger partial charge in [0.1, 0.15) is 0 Å². The van der Waals surface area contributed by atoms with E-state index in [1.807, 2.05) is 0 Å². The summed E-state index contributed by atoms with van der Waals surface area (Å²) in [4.78, 5) is 14.1. The summed E-state index contributed by atoms with van der Waals surface area (Å²) in [5.41, 5.74) is 0.156. The minimum absolute atomic E-state index is 0.0568. The van der Waals surface area contributed by atoms with Gasteiger partial charge in [0.05, 0.1) is 12.6 Å². The first-order valence-corrected chi connectivity index (χ1v) is 6.92. The molecule has 1 unspecified atom stereocenters. The molecule has 0 aromatic rings. The lowest BCUT2D eigenvalue weighted by atomic mass is 9.96. The molecule has 1 saturated heterocycles. The number of ether oxygens (including phenoxy) is 1. The molecule has 5 heteroatoms. The maximum Gasteiger partial charge on any atom is 0.315 e. The zero-order valence-electron chi connectivity index (χ0n) is 11.5. The molecule has 2 fully saturated rings.